The molecule has 2 aromatic carbocycles. The van der Waals surface area contributed by atoms with Gasteiger partial charge < -0.3 is 4.90 Å². The van der Waals surface area contributed by atoms with E-state index in [1.54, 1.807) is 17.0 Å². The number of hydrogen-bond acceptors (Lipinski definition) is 3. The van der Waals surface area contributed by atoms with E-state index in [0.717, 1.165) is 29.9 Å². The lowest BCUT2D eigenvalue weighted by atomic mass is 10.1. The van der Waals surface area contributed by atoms with Gasteiger partial charge in [0.05, 0.1) is 16.2 Å². The predicted molar refractivity (Wildman–Crippen MR) is 121 cm³/mol. The van der Waals surface area contributed by atoms with Gasteiger partial charge in [-0.25, -0.2) is 0 Å². The Hall–Kier alpha value is -2.74. The average Bonchev–Trinajstić information content (AvgIpc) is 2.77. The molecule has 2 aromatic rings. The molecule has 0 saturated carbocycles. The number of para-hydroxylation sites is 1. The lowest BCUT2D eigenvalue weighted by molar-refractivity contribution is -0.137. The highest BCUT2D eigenvalue weighted by Crippen LogP contribution is 2.42. The summed E-state index contributed by atoms with van der Waals surface area (Å²) in [7, 11) is 0. The molecule has 0 bridgehead atoms. The molecule has 0 spiro atoms. The highest BCUT2D eigenvalue weighted by atomic mass is 32.2. The van der Waals surface area contributed by atoms with Gasteiger partial charge in [0.25, 0.3) is 5.91 Å². The summed E-state index contributed by atoms with van der Waals surface area (Å²) >= 11 is 1.25. The van der Waals surface area contributed by atoms with E-state index >= 15 is 0 Å². The molecule has 8 heteroatoms. The standard InChI is InChI=1S/C24H25F3N2O2S/c1-3-5-14-28(4-2)22(30)16-29-19-8-6-7-9-20(19)32-21(23(29)31)15-17-10-12-18(13-11-17)24(25,26)27/h6-13,15H,3-5,14,16H2,1-2H3. The molecule has 32 heavy (non-hydrogen) atoms. The Balaban J connectivity index is 1.89. The second-order valence-corrected chi connectivity index (χ2v) is 8.50. The number of halogens is 3. The smallest absolute Gasteiger partial charge is 0.341 e. The third-order valence-corrected chi connectivity index (χ3v) is 6.25. The van der Waals surface area contributed by atoms with Crippen LogP contribution in [0.25, 0.3) is 6.08 Å². The monoisotopic (exact) mass is 462 g/mol. The minimum Gasteiger partial charge on any atom is -0.341 e. The number of alkyl halides is 3. The first kappa shape index (κ1) is 23.9. The van der Waals surface area contributed by atoms with Gasteiger partial charge in [-0.3, -0.25) is 14.5 Å². The van der Waals surface area contributed by atoms with Crippen LogP contribution in [-0.2, 0) is 15.8 Å². The van der Waals surface area contributed by atoms with E-state index in [-0.39, 0.29) is 18.4 Å². The summed E-state index contributed by atoms with van der Waals surface area (Å²) in [5.74, 6) is -0.474. The van der Waals surface area contributed by atoms with E-state index in [1.165, 1.54) is 28.8 Å². The molecule has 170 valence electrons. The van der Waals surface area contributed by atoms with Crippen molar-refractivity contribution < 1.29 is 22.8 Å². The highest BCUT2D eigenvalue weighted by Gasteiger charge is 2.32. The zero-order chi connectivity index (χ0) is 23.3. The van der Waals surface area contributed by atoms with Gasteiger partial charge in [0.2, 0.25) is 5.91 Å². The van der Waals surface area contributed by atoms with Gasteiger partial charge in [0.1, 0.15) is 6.54 Å². The normalized spacial score (nSPS) is 15.1. The number of anilines is 1. The Kier molecular flexibility index (Phi) is 7.66. The summed E-state index contributed by atoms with van der Waals surface area (Å²) in [6.07, 6.45) is -1.000. The van der Waals surface area contributed by atoms with Crippen molar-refractivity contribution in [3.05, 3.63) is 64.6 Å². The van der Waals surface area contributed by atoms with Crippen molar-refractivity contribution in [3.63, 3.8) is 0 Å². The van der Waals surface area contributed by atoms with Gasteiger partial charge >= 0.3 is 6.18 Å². The lowest BCUT2D eigenvalue weighted by Crippen LogP contribution is -2.44. The third-order valence-electron chi connectivity index (χ3n) is 5.18. The van der Waals surface area contributed by atoms with Crippen LogP contribution in [0, 0.1) is 0 Å². The fraction of sp³-hybridized carbons (Fsp3) is 0.333. The maximum Gasteiger partial charge on any atom is 0.416 e. The molecule has 0 saturated heterocycles. The fourth-order valence-electron chi connectivity index (χ4n) is 3.38. The second kappa shape index (κ2) is 10.3. The van der Waals surface area contributed by atoms with Crippen molar-refractivity contribution in [2.75, 3.05) is 24.5 Å². The predicted octanol–water partition coefficient (Wildman–Crippen LogP) is 5.83. The maximum atomic E-state index is 13.3. The Bertz CT molecular complexity index is 1000. The number of benzene rings is 2. The number of likely N-dealkylation sites (N-methyl/N-ethyl adjacent to an activating group) is 1. The van der Waals surface area contributed by atoms with E-state index < -0.39 is 11.7 Å². The zero-order valence-corrected chi connectivity index (χ0v) is 18.8. The van der Waals surface area contributed by atoms with Crippen LogP contribution < -0.4 is 4.90 Å². The maximum absolute atomic E-state index is 13.3. The van der Waals surface area contributed by atoms with Crippen LogP contribution >= 0.6 is 11.8 Å². The second-order valence-electron chi connectivity index (χ2n) is 7.42. The van der Waals surface area contributed by atoms with E-state index in [1.807, 2.05) is 25.1 Å². The molecule has 0 aliphatic carbocycles. The molecule has 1 aliphatic heterocycles. The van der Waals surface area contributed by atoms with E-state index in [9.17, 15) is 22.8 Å². The number of amides is 2. The van der Waals surface area contributed by atoms with E-state index in [0.29, 0.717) is 29.2 Å². The topological polar surface area (TPSA) is 40.6 Å². The molecular weight excluding hydrogens is 437 g/mol. The molecule has 0 fully saturated rings. The summed E-state index contributed by atoms with van der Waals surface area (Å²) in [4.78, 5) is 30.5. The number of thioether (sulfide) groups is 1. The Labute approximate surface area is 190 Å². The number of hydrogen-bond donors (Lipinski definition) is 0. The van der Waals surface area contributed by atoms with Gasteiger partial charge in [-0.15, -0.1) is 0 Å². The SMILES string of the molecule is CCCCN(CC)C(=O)CN1C(=O)C(=Cc2ccc(C(F)(F)F)cc2)Sc2ccccc21. The first-order valence-electron chi connectivity index (χ1n) is 10.5. The summed E-state index contributed by atoms with van der Waals surface area (Å²) in [5.41, 5.74) is 0.399. The van der Waals surface area contributed by atoms with Crippen LogP contribution in [0.1, 0.15) is 37.8 Å². The fourth-order valence-corrected chi connectivity index (χ4v) is 4.44. The van der Waals surface area contributed by atoms with Crippen LogP contribution in [0.5, 0.6) is 0 Å². The quantitative estimate of drug-likeness (QED) is 0.486. The number of nitrogens with zero attached hydrogens (tertiary/aromatic N) is 2. The Morgan fingerprint density at radius 3 is 2.41 bits per heavy atom. The molecule has 0 N–H and O–H groups in total. The Morgan fingerprint density at radius 2 is 1.78 bits per heavy atom. The number of unbranched alkanes of at least 4 members (excludes halogenated alkanes) is 1. The first-order valence-corrected chi connectivity index (χ1v) is 11.3. The van der Waals surface area contributed by atoms with Crippen LogP contribution in [0.15, 0.2) is 58.3 Å². The highest BCUT2D eigenvalue weighted by molar-refractivity contribution is 8.04. The van der Waals surface area contributed by atoms with Gasteiger partial charge in [-0.1, -0.05) is 49.4 Å². The van der Waals surface area contributed by atoms with Gasteiger partial charge in [0, 0.05) is 18.0 Å². The van der Waals surface area contributed by atoms with Gasteiger partial charge in [0.15, 0.2) is 0 Å². The molecular formula is C24H25F3N2O2S. The molecule has 0 aromatic heterocycles. The first-order chi connectivity index (χ1) is 15.2. The molecule has 4 nitrogen and oxygen atoms in total. The summed E-state index contributed by atoms with van der Waals surface area (Å²) in [6.45, 7) is 5.08. The van der Waals surface area contributed by atoms with Crippen LogP contribution in [-0.4, -0.2) is 36.3 Å². The van der Waals surface area contributed by atoms with Crippen molar-refractivity contribution in [2.24, 2.45) is 0 Å². The number of carbonyl (C=O) groups is 2. The summed E-state index contributed by atoms with van der Waals surface area (Å²) < 4.78 is 38.5. The third kappa shape index (κ3) is 5.54. The molecule has 1 aliphatic rings. The minimum atomic E-state index is -4.42. The van der Waals surface area contributed by atoms with E-state index in [2.05, 4.69) is 6.92 Å². The lowest BCUT2D eigenvalue weighted by Gasteiger charge is -2.32. The number of rotatable bonds is 7. The zero-order valence-electron chi connectivity index (χ0n) is 18.0. The minimum absolute atomic E-state index is 0.0850. The summed E-state index contributed by atoms with van der Waals surface area (Å²) in [5, 5.41) is 0. The Morgan fingerprint density at radius 1 is 1.09 bits per heavy atom. The van der Waals surface area contributed by atoms with Crippen LogP contribution in [0.4, 0.5) is 18.9 Å². The van der Waals surface area contributed by atoms with Crippen molar-refractivity contribution in [2.45, 2.75) is 37.8 Å². The average molecular weight is 463 g/mol. The van der Waals surface area contributed by atoms with Gasteiger partial charge in [-0.05, 0) is 49.2 Å². The summed E-state index contributed by atoms with van der Waals surface area (Å²) in [6, 6.07) is 12.0. The van der Waals surface area contributed by atoms with Crippen molar-refractivity contribution in [3.8, 4) is 0 Å². The van der Waals surface area contributed by atoms with E-state index in [4.69, 9.17) is 0 Å². The molecule has 1 heterocycles. The van der Waals surface area contributed by atoms with Crippen LogP contribution in [0.2, 0.25) is 0 Å². The number of fused-ring (bicyclic) bond motifs is 1. The van der Waals surface area contributed by atoms with Crippen molar-refractivity contribution in [1.82, 2.24) is 4.90 Å². The van der Waals surface area contributed by atoms with Gasteiger partial charge in [-0.2, -0.15) is 13.2 Å². The molecule has 0 unspecified atom stereocenters. The molecule has 0 atom stereocenters. The van der Waals surface area contributed by atoms with Crippen molar-refractivity contribution in [1.29, 1.82) is 0 Å². The van der Waals surface area contributed by atoms with Crippen molar-refractivity contribution >= 4 is 35.3 Å². The van der Waals surface area contributed by atoms with Crippen LogP contribution in [0.3, 0.4) is 0 Å². The molecule has 3 rings (SSSR count). The number of carbonyl (C=O) groups excluding carboxylic acids is 2. The largest absolute Gasteiger partial charge is 0.416 e. The molecule has 0 radical (unpaired) electrons. The molecule has 2 amide bonds.